The highest BCUT2D eigenvalue weighted by Gasteiger charge is 2.02. The lowest BCUT2D eigenvalue weighted by Gasteiger charge is -2.08. The molecular weight excluding hydrogens is 213 g/mol. The molecule has 0 atom stereocenters. The summed E-state index contributed by atoms with van der Waals surface area (Å²) in [6, 6.07) is 5.18. The summed E-state index contributed by atoms with van der Waals surface area (Å²) in [5, 5.41) is 3.89. The van der Waals surface area contributed by atoms with Crippen molar-refractivity contribution in [2.75, 3.05) is 6.54 Å². The van der Waals surface area contributed by atoms with Gasteiger partial charge in [-0.15, -0.1) is 0 Å². The molecule has 0 saturated heterocycles. The average molecular weight is 230 g/mol. The maximum Gasteiger partial charge on any atom is 0.126 e. The lowest BCUT2D eigenvalue weighted by molar-refractivity contribution is 0.559. The van der Waals surface area contributed by atoms with Crippen molar-refractivity contribution < 1.29 is 4.39 Å². The van der Waals surface area contributed by atoms with E-state index in [1.54, 1.807) is 12.1 Å². The standard InChI is InChI=1S/C12H17ClFN/c1-9(2)15-7-3-4-10-8-11(13)5-6-12(10)14/h5-6,8-9,15H,3-4,7H2,1-2H3. The Morgan fingerprint density at radius 3 is 2.80 bits per heavy atom. The van der Waals surface area contributed by atoms with Crippen LogP contribution < -0.4 is 5.32 Å². The van der Waals surface area contributed by atoms with Gasteiger partial charge < -0.3 is 5.32 Å². The minimum absolute atomic E-state index is 0.163. The van der Waals surface area contributed by atoms with E-state index >= 15 is 0 Å². The summed E-state index contributed by atoms with van der Waals surface area (Å²) in [7, 11) is 0. The molecule has 0 spiro atoms. The molecular formula is C12H17ClFN. The van der Waals surface area contributed by atoms with Crippen molar-refractivity contribution in [1.82, 2.24) is 5.32 Å². The van der Waals surface area contributed by atoms with Crippen molar-refractivity contribution in [3.05, 3.63) is 34.6 Å². The molecule has 1 aromatic carbocycles. The first-order chi connectivity index (χ1) is 7.09. The number of aryl methyl sites for hydroxylation is 1. The number of nitrogens with one attached hydrogen (secondary N) is 1. The normalized spacial score (nSPS) is 11.0. The lowest BCUT2D eigenvalue weighted by Crippen LogP contribution is -2.24. The predicted octanol–water partition coefficient (Wildman–Crippen LogP) is 3.41. The van der Waals surface area contributed by atoms with Gasteiger partial charge in [0.2, 0.25) is 0 Å². The topological polar surface area (TPSA) is 12.0 Å². The van der Waals surface area contributed by atoms with Crippen molar-refractivity contribution in [2.45, 2.75) is 32.7 Å². The monoisotopic (exact) mass is 229 g/mol. The third-order valence-electron chi connectivity index (χ3n) is 2.18. The first-order valence-electron chi connectivity index (χ1n) is 5.27. The number of hydrogen-bond donors (Lipinski definition) is 1. The molecule has 1 rings (SSSR count). The highest BCUT2D eigenvalue weighted by atomic mass is 35.5. The lowest BCUT2D eigenvalue weighted by atomic mass is 10.1. The fourth-order valence-electron chi connectivity index (χ4n) is 1.40. The van der Waals surface area contributed by atoms with E-state index in [1.165, 1.54) is 6.07 Å². The zero-order chi connectivity index (χ0) is 11.3. The van der Waals surface area contributed by atoms with Crippen LogP contribution in [0.4, 0.5) is 4.39 Å². The number of hydrogen-bond acceptors (Lipinski definition) is 1. The molecule has 1 nitrogen and oxygen atoms in total. The molecule has 0 saturated carbocycles. The van der Waals surface area contributed by atoms with E-state index in [2.05, 4.69) is 19.2 Å². The van der Waals surface area contributed by atoms with E-state index in [9.17, 15) is 4.39 Å². The molecule has 0 aliphatic carbocycles. The molecule has 15 heavy (non-hydrogen) atoms. The van der Waals surface area contributed by atoms with Gasteiger partial charge in [0.05, 0.1) is 0 Å². The predicted molar refractivity (Wildman–Crippen MR) is 62.9 cm³/mol. The van der Waals surface area contributed by atoms with E-state index in [-0.39, 0.29) is 5.82 Å². The van der Waals surface area contributed by atoms with Crippen molar-refractivity contribution >= 4 is 11.6 Å². The Kier molecular flexibility index (Phi) is 5.06. The van der Waals surface area contributed by atoms with Crippen molar-refractivity contribution in [3.63, 3.8) is 0 Å². The largest absolute Gasteiger partial charge is 0.315 e. The summed E-state index contributed by atoms with van der Waals surface area (Å²) < 4.78 is 13.3. The second-order valence-corrected chi connectivity index (χ2v) is 4.38. The van der Waals surface area contributed by atoms with Gasteiger partial charge in [0, 0.05) is 11.1 Å². The second-order valence-electron chi connectivity index (χ2n) is 3.95. The van der Waals surface area contributed by atoms with Crippen LogP contribution in [0.3, 0.4) is 0 Å². The van der Waals surface area contributed by atoms with E-state index < -0.39 is 0 Å². The van der Waals surface area contributed by atoms with Crippen LogP contribution in [-0.4, -0.2) is 12.6 Å². The van der Waals surface area contributed by atoms with Crippen LogP contribution in [0.15, 0.2) is 18.2 Å². The molecule has 0 fully saturated rings. The molecule has 0 radical (unpaired) electrons. The fraction of sp³-hybridized carbons (Fsp3) is 0.500. The molecule has 0 unspecified atom stereocenters. The Balaban J connectivity index is 2.40. The van der Waals surface area contributed by atoms with Crippen LogP contribution >= 0.6 is 11.6 Å². The SMILES string of the molecule is CC(C)NCCCc1cc(Cl)ccc1F. The highest BCUT2D eigenvalue weighted by molar-refractivity contribution is 6.30. The summed E-state index contributed by atoms with van der Waals surface area (Å²) in [6.07, 6.45) is 1.65. The Hall–Kier alpha value is -0.600. The molecule has 0 amide bonds. The second kappa shape index (κ2) is 6.09. The highest BCUT2D eigenvalue weighted by Crippen LogP contribution is 2.16. The zero-order valence-corrected chi connectivity index (χ0v) is 9.94. The number of rotatable bonds is 5. The number of benzene rings is 1. The molecule has 3 heteroatoms. The smallest absolute Gasteiger partial charge is 0.126 e. The summed E-state index contributed by atoms with van der Waals surface area (Å²) in [6.45, 7) is 5.10. The van der Waals surface area contributed by atoms with Gasteiger partial charge in [-0.2, -0.15) is 0 Å². The molecule has 0 heterocycles. The van der Waals surface area contributed by atoms with E-state index in [1.807, 2.05) is 0 Å². The first-order valence-corrected chi connectivity index (χ1v) is 5.64. The summed E-state index contributed by atoms with van der Waals surface area (Å²) in [5.74, 6) is -0.163. The van der Waals surface area contributed by atoms with E-state index in [0.29, 0.717) is 16.6 Å². The Morgan fingerprint density at radius 2 is 2.13 bits per heavy atom. The van der Waals surface area contributed by atoms with E-state index in [0.717, 1.165) is 19.4 Å². The first kappa shape index (κ1) is 12.5. The van der Waals surface area contributed by atoms with Gasteiger partial charge in [-0.05, 0) is 43.1 Å². The molecule has 0 bridgehead atoms. The van der Waals surface area contributed by atoms with Gasteiger partial charge in [0.1, 0.15) is 5.82 Å². The third kappa shape index (κ3) is 4.63. The zero-order valence-electron chi connectivity index (χ0n) is 9.19. The minimum atomic E-state index is -0.163. The van der Waals surface area contributed by atoms with Gasteiger partial charge in [-0.3, -0.25) is 0 Å². The average Bonchev–Trinajstić information content (AvgIpc) is 2.17. The van der Waals surface area contributed by atoms with E-state index in [4.69, 9.17) is 11.6 Å². The molecule has 1 aromatic rings. The molecule has 0 aliphatic rings. The van der Waals surface area contributed by atoms with Gasteiger partial charge in [-0.1, -0.05) is 25.4 Å². The molecule has 84 valence electrons. The van der Waals surface area contributed by atoms with Gasteiger partial charge in [0.25, 0.3) is 0 Å². The van der Waals surface area contributed by atoms with Crippen LogP contribution in [0.1, 0.15) is 25.8 Å². The molecule has 0 aromatic heterocycles. The Bertz CT molecular complexity index is 312. The maximum absolute atomic E-state index is 13.3. The third-order valence-corrected chi connectivity index (χ3v) is 2.42. The van der Waals surface area contributed by atoms with Crippen LogP contribution in [0.5, 0.6) is 0 Å². The van der Waals surface area contributed by atoms with Crippen molar-refractivity contribution in [2.24, 2.45) is 0 Å². The van der Waals surface area contributed by atoms with Gasteiger partial charge >= 0.3 is 0 Å². The van der Waals surface area contributed by atoms with Crippen LogP contribution in [-0.2, 0) is 6.42 Å². The fourth-order valence-corrected chi connectivity index (χ4v) is 1.60. The van der Waals surface area contributed by atoms with Crippen LogP contribution in [0.2, 0.25) is 5.02 Å². The van der Waals surface area contributed by atoms with Gasteiger partial charge in [0.15, 0.2) is 0 Å². The Labute approximate surface area is 95.6 Å². The summed E-state index contributed by atoms with van der Waals surface area (Å²) in [4.78, 5) is 0. The van der Waals surface area contributed by atoms with Gasteiger partial charge in [-0.25, -0.2) is 4.39 Å². The minimum Gasteiger partial charge on any atom is -0.315 e. The van der Waals surface area contributed by atoms with Crippen molar-refractivity contribution in [3.8, 4) is 0 Å². The molecule has 1 N–H and O–H groups in total. The van der Waals surface area contributed by atoms with Crippen LogP contribution in [0.25, 0.3) is 0 Å². The Morgan fingerprint density at radius 1 is 1.40 bits per heavy atom. The summed E-state index contributed by atoms with van der Waals surface area (Å²) >= 11 is 5.80. The van der Waals surface area contributed by atoms with Crippen molar-refractivity contribution in [1.29, 1.82) is 0 Å². The van der Waals surface area contributed by atoms with Crippen LogP contribution in [0, 0.1) is 5.82 Å². The maximum atomic E-state index is 13.3. The summed E-state index contributed by atoms with van der Waals surface area (Å²) in [5.41, 5.74) is 0.702. The number of halogens is 2. The quantitative estimate of drug-likeness (QED) is 0.763. The molecule has 0 aliphatic heterocycles.